The standard InChI is InChI=1S/C19H21N3O4S2/c1-11(2)15-8-20-16(26-15)10-27-17-9-21-19(28-17)22-18(23)12-5-6-13(24-3)14(7-12)25-4/h5-9,11H,10H2,1-4H3,(H,21,22,23). The van der Waals surface area contributed by atoms with Crippen molar-refractivity contribution in [3.05, 3.63) is 47.8 Å². The van der Waals surface area contributed by atoms with E-state index in [1.165, 1.54) is 18.4 Å². The number of carbonyl (C=O) groups is 1. The fourth-order valence-corrected chi connectivity index (χ4v) is 4.04. The maximum Gasteiger partial charge on any atom is 0.257 e. The van der Waals surface area contributed by atoms with E-state index in [4.69, 9.17) is 13.9 Å². The lowest BCUT2D eigenvalue weighted by Gasteiger charge is -2.09. The van der Waals surface area contributed by atoms with Gasteiger partial charge in [0.1, 0.15) is 5.76 Å². The van der Waals surface area contributed by atoms with Gasteiger partial charge in [0.05, 0.1) is 36.6 Å². The highest BCUT2D eigenvalue weighted by molar-refractivity contribution is 8.00. The second kappa shape index (κ2) is 9.11. The summed E-state index contributed by atoms with van der Waals surface area (Å²) < 4.78 is 17.1. The van der Waals surface area contributed by atoms with E-state index in [-0.39, 0.29) is 5.91 Å². The zero-order valence-corrected chi connectivity index (χ0v) is 17.6. The van der Waals surface area contributed by atoms with Crippen LogP contribution in [0.4, 0.5) is 5.13 Å². The van der Waals surface area contributed by atoms with Crippen LogP contribution in [-0.4, -0.2) is 30.1 Å². The molecule has 0 aliphatic carbocycles. The molecule has 1 N–H and O–H groups in total. The third-order valence-electron chi connectivity index (χ3n) is 3.83. The Morgan fingerprint density at radius 2 is 2.00 bits per heavy atom. The Morgan fingerprint density at radius 1 is 1.21 bits per heavy atom. The Bertz CT molecular complexity index is 952. The van der Waals surface area contributed by atoms with E-state index in [1.54, 1.807) is 49.5 Å². The molecule has 0 radical (unpaired) electrons. The molecule has 28 heavy (non-hydrogen) atoms. The predicted molar refractivity (Wildman–Crippen MR) is 110 cm³/mol. The Kier molecular flexibility index (Phi) is 6.58. The fourth-order valence-electron chi connectivity index (χ4n) is 2.32. The molecule has 0 saturated carbocycles. The first-order chi connectivity index (χ1) is 13.5. The number of benzene rings is 1. The Labute approximate surface area is 171 Å². The molecule has 0 atom stereocenters. The van der Waals surface area contributed by atoms with Crippen LogP contribution in [0.25, 0.3) is 0 Å². The molecule has 0 spiro atoms. The van der Waals surface area contributed by atoms with Crippen LogP contribution in [0, 0.1) is 0 Å². The lowest BCUT2D eigenvalue weighted by Crippen LogP contribution is -2.11. The number of ether oxygens (including phenoxy) is 2. The predicted octanol–water partition coefficient (Wildman–Crippen LogP) is 4.82. The molecule has 0 aliphatic heterocycles. The highest BCUT2D eigenvalue weighted by atomic mass is 32.2. The van der Waals surface area contributed by atoms with Gasteiger partial charge in [-0.1, -0.05) is 25.2 Å². The van der Waals surface area contributed by atoms with E-state index in [9.17, 15) is 4.79 Å². The number of methoxy groups -OCH3 is 2. The van der Waals surface area contributed by atoms with Gasteiger partial charge in [-0.25, -0.2) is 9.97 Å². The fraction of sp³-hybridized carbons (Fsp3) is 0.316. The molecule has 0 unspecified atom stereocenters. The minimum atomic E-state index is -0.263. The van der Waals surface area contributed by atoms with Crippen LogP contribution in [0.3, 0.4) is 0 Å². The summed E-state index contributed by atoms with van der Waals surface area (Å²) in [6, 6.07) is 5.00. The summed E-state index contributed by atoms with van der Waals surface area (Å²) >= 11 is 2.97. The van der Waals surface area contributed by atoms with Crippen molar-refractivity contribution in [3.63, 3.8) is 0 Å². The van der Waals surface area contributed by atoms with Crippen LogP contribution in [0.5, 0.6) is 11.5 Å². The number of thioether (sulfide) groups is 1. The molecular formula is C19H21N3O4S2. The average Bonchev–Trinajstić information content (AvgIpc) is 3.35. The molecule has 3 rings (SSSR count). The number of aromatic nitrogens is 2. The lowest BCUT2D eigenvalue weighted by atomic mass is 10.2. The molecule has 2 heterocycles. The van der Waals surface area contributed by atoms with Crippen LogP contribution < -0.4 is 14.8 Å². The van der Waals surface area contributed by atoms with Crippen molar-refractivity contribution < 1.29 is 18.7 Å². The average molecular weight is 420 g/mol. The van der Waals surface area contributed by atoms with Gasteiger partial charge in [-0.3, -0.25) is 10.1 Å². The number of carbonyl (C=O) groups excluding carboxylic acids is 1. The molecule has 9 heteroatoms. The molecule has 0 saturated heterocycles. The molecule has 3 aromatic rings. The number of oxazole rings is 1. The number of hydrogen-bond donors (Lipinski definition) is 1. The van der Waals surface area contributed by atoms with Gasteiger partial charge < -0.3 is 13.9 Å². The van der Waals surface area contributed by atoms with Crippen LogP contribution in [0.1, 0.15) is 41.8 Å². The summed E-state index contributed by atoms with van der Waals surface area (Å²) in [6.07, 6.45) is 3.49. The summed E-state index contributed by atoms with van der Waals surface area (Å²) in [7, 11) is 3.08. The zero-order valence-electron chi connectivity index (χ0n) is 16.0. The summed E-state index contributed by atoms with van der Waals surface area (Å²) in [6.45, 7) is 4.13. The van der Waals surface area contributed by atoms with Gasteiger partial charge in [-0.2, -0.15) is 0 Å². The second-order valence-electron chi connectivity index (χ2n) is 6.11. The molecule has 7 nitrogen and oxygen atoms in total. The van der Waals surface area contributed by atoms with E-state index in [2.05, 4.69) is 29.1 Å². The van der Waals surface area contributed by atoms with Crippen molar-refractivity contribution in [1.29, 1.82) is 0 Å². The molecular weight excluding hydrogens is 398 g/mol. The summed E-state index contributed by atoms with van der Waals surface area (Å²) in [5.41, 5.74) is 0.461. The first-order valence-corrected chi connectivity index (χ1v) is 10.4. The van der Waals surface area contributed by atoms with Gasteiger partial charge in [0.15, 0.2) is 16.6 Å². The number of rotatable bonds is 8. The van der Waals surface area contributed by atoms with Gasteiger partial charge in [0, 0.05) is 11.5 Å². The Morgan fingerprint density at radius 3 is 2.68 bits per heavy atom. The monoisotopic (exact) mass is 419 g/mol. The third kappa shape index (κ3) is 4.85. The highest BCUT2D eigenvalue weighted by Gasteiger charge is 2.14. The maximum absolute atomic E-state index is 12.5. The normalized spacial score (nSPS) is 10.9. The minimum absolute atomic E-state index is 0.263. The number of thiazole rings is 1. The Balaban J connectivity index is 1.60. The molecule has 2 aromatic heterocycles. The second-order valence-corrected chi connectivity index (χ2v) is 8.41. The largest absolute Gasteiger partial charge is 0.493 e. The number of hydrogen-bond acceptors (Lipinski definition) is 8. The summed E-state index contributed by atoms with van der Waals surface area (Å²) in [5, 5.41) is 3.33. The molecule has 0 aliphatic rings. The van der Waals surface area contributed by atoms with Gasteiger partial charge in [0.2, 0.25) is 5.89 Å². The summed E-state index contributed by atoms with van der Waals surface area (Å²) in [5.74, 6) is 3.28. The van der Waals surface area contributed by atoms with Crippen LogP contribution in [0.2, 0.25) is 0 Å². The van der Waals surface area contributed by atoms with Gasteiger partial charge in [0.25, 0.3) is 5.91 Å². The van der Waals surface area contributed by atoms with Crippen molar-refractivity contribution in [2.24, 2.45) is 0 Å². The van der Waals surface area contributed by atoms with Crippen molar-refractivity contribution in [2.75, 3.05) is 19.5 Å². The van der Waals surface area contributed by atoms with Crippen molar-refractivity contribution >= 4 is 34.1 Å². The van der Waals surface area contributed by atoms with Crippen molar-refractivity contribution in [1.82, 2.24) is 9.97 Å². The number of amides is 1. The highest BCUT2D eigenvalue weighted by Crippen LogP contribution is 2.32. The number of anilines is 1. The van der Waals surface area contributed by atoms with Crippen molar-refractivity contribution in [2.45, 2.75) is 29.7 Å². The molecule has 1 aromatic carbocycles. The van der Waals surface area contributed by atoms with Crippen LogP contribution in [0.15, 0.2) is 39.2 Å². The maximum atomic E-state index is 12.5. The molecule has 0 bridgehead atoms. The quantitative estimate of drug-likeness (QED) is 0.524. The third-order valence-corrected chi connectivity index (χ3v) is 5.92. The minimum Gasteiger partial charge on any atom is -0.493 e. The van der Waals surface area contributed by atoms with E-state index in [1.807, 2.05) is 0 Å². The smallest absolute Gasteiger partial charge is 0.257 e. The van der Waals surface area contributed by atoms with Crippen LogP contribution in [-0.2, 0) is 5.75 Å². The van der Waals surface area contributed by atoms with E-state index < -0.39 is 0 Å². The van der Waals surface area contributed by atoms with E-state index in [0.717, 1.165) is 9.97 Å². The number of nitrogens with zero attached hydrogens (tertiary/aromatic N) is 2. The van der Waals surface area contributed by atoms with Crippen LogP contribution >= 0.6 is 23.1 Å². The molecule has 0 fully saturated rings. The van der Waals surface area contributed by atoms with Gasteiger partial charge in [-0.15, -0.1) is 11.8 Å². The topological polar surface area (TPSA) is 86.5 Å². The van der Waals surface area contributed by atoms with Gasteiger partial charge >= 0.3 is 0 Å². The Hall–Kier alpha value is -2.52. The first-order valence-electron chi connectivity index (χ1n) is 8.56. The molecule has 148 valence electrons. The van der Waals surface area contributed by atoms with Gasteiger partial charge in [-0.05, 0) is 18.2 Å². The molecule has 1 amide bonds. The lowest BCUT2D eigenvalue weighted by molar-refractivity contribution is 0.102. The number of nitrogens with one attached hydrogen (secondary N) is 1. The first kappa shape index (κ1) is 20.2. The SMILES string of the molecule is COc1ccc(C(=O)Nc2ncc(SCc3ncc(C(C)C)o3)s2)cc1OC. The zero-order chi connectivity index (χ0) is 20.1. The summed E-state index contributed by atoms with van der Waals surface area (Å²) in [4.78, 5) is 21.0. The van der Waals surface area contributed by atoms with Crippen molar-refractivity contribution in [3.8, 4) is 11.5 Å². The van der Waals surface area contributed by atoms with E-state index >= 15 is 0 Å². The van der Waals surface area contributed by atoms with E-state index in [0.29, 0.717) is 39.8 Å².